The van der Waals surface area contributed by atoms with E-state index in [4.69, 9.17) is 11.5 Å². The number of amides is 1. The summed E-state index contributed by atoms with van der Waals surface area (Å²) in [6.45, 7) is 0.781. The molecule has 6 N–H and O–H groups in total. The predicted octanol–water partition coefficient (Wildman–Crippen LogP) is 2.91. The minimum absolute atomic E-state index is 0.132. The van der Waals surface area contributed by atoms with Crippen molar-refractivity contribution in [3.05, 3.63) is 59.8 Å². The van der Waals surface area contributed by atoms with Crippen molar-refractivity contribution in [1.82, 2.24) is 10.3 Å². The highest BCUT2D eigenvalue weighted by atomic mass is 19.1. The van der Waals surface area contributed by atoms with Crippen LogP contribution in [0.2, 0.25) is 0 Å². The molecule has 1 unspecified atom stereocenters. The summed E-state index contributed by atoms with van der Waals surface area (Å²) in [7, 11) is 0. The van der Waals surface area contributed by atoms with E-state index in [0.717, 1.165) is 17.5 Å². The van der Waals surface area contributed by atoms with Crippen molar-refractivity contribution >= 4 is 16.8 Å². The summed E-state index contributed by atoms with van der Waals surface area (Å²) in [6, 6.07) is 10.9. The second-order valence-corrected chi connectivity index (χ2v) is 6.48. The normalized spacial score (nSPS) is 12.3. The molecule has 0 saturated heterocycles. The largest absolute Gasteiger partial charge is 0.349 e. The molecule has 27 heavy (non-hydrogen) atoms. The molecule has 0 spiro atoms. The second-order valence-electron chi connectivity index (χ2n) is 6.48. The maximum atomic E-state index is 14.6. The maximum absolute atomic E-state index is 14.6. The smallest absolute Gasteiger partial charge is 0.270 e. The summed E-state index contributed by atoms with van der Waals surface area (Å²) >= 11 is 0. The zero-order valence-corrected chi connectivity index (χ0v) is 14.8. The molecule has 0 saturated carbocycles. The van der Waals surface area contributed by atoms with Gasteiger partial charge in [-0.25, -0.2) is 8.78 Å². The van der Waals surface area contributed by atoms with Crippen LogP contribution >= 0.6 is 0 Å². The molecule has 0 aliphatic heterocycles. The maximum Gasteiger partial charge on any atom is 0.270 e. The van der Waals surface area contributed by atoms with Crippen molar-refractivity contribution in [2.24, 2.45) is 11.5 Å². The van der Waals surface area contributed by atoms with Gasteiger partial charge in [0.05, 0.1) is 0 Å². The quantitative estimate of drug-likeness (QED) is 0.513. The van der Waals surface area contributed by atoms with Crippen molar-refractivity contribution in [2.45, 2.75) is 18.9 Å². The number of carbonyl (C=O) groups excluding carboxylic acids is 1. The summed E-state index contributed by atoms with van der Waals surface area (Å²) in [5, 5.41) is 2.96. The van der Waals surface area contributed by atoms with Crippen LogP contribution in [0.3, 0.4) is 0 Å². The number of hydrogen-bond donors (Lipinski definition) is 4. The van der Waals surface area contributed by atoms with Gasteiger partial charge in [0, 0.05) is 23.5 Å². The number of carbonyl (C=O) groups is 1. The van der Waals surface area contributed by atoms with Crippen molar-refractivity contribution in [1.29, 1.82) is 0 Å². The van der Waals surface area contributed by atoms with Crippen molar-refractivity contribution in [2.75, 3.05) is 13.1 Å². The monoisotopic (exact) mass is 372 g/mol. The Morgan fingerprint density at radius 3 is 2.52 bits per heavy atom. The number of benzene rings is 2. The Morgan fingerprint density at radius 1 is 1.11 bits per heavy atom. The molecule has 1 atom stereocenters. The average molecular weight is 372 g/mol. The lowest BCUT2D eigenvalue weighted by atomic mass is 10.0. The van der Waals surface area contributed by atoms with Gasteiger partial charge < -0.3 is 21.8 Å². The third-order valence-electron chi connectivity index (χ3n) is 4.44. The highest BCUT2D eigenvalue weighted by Gasteiger charge is 2.18. The lowest BCUT2D eigenvalue weighted by Gasteiger charge is -2.11. The molecule has 1 aromatic heterocycles. The zero-order chi connectivity index (χ0) is 19.4. The Kier molecular flexibility index (Phi) is 5.83. The number of rotatable bonds is 7. The van der Waals surface area contributed by atoms with Gasteiger partial charge in [-0.3, -0.25) is 4.79 Å². The van der Waals surface area contributed by atoms with E-state index >= 15 is 0 Å². The number of fused-ring (bicyclic) bond motifs is 1. The summed E-state index contributed by atoms with van der Waals surface area (Å²) in [5.74, 6) is -1.48. The Hall–Kier alpha value is -2.77. The fraction of sp³-hybridized carbons (Fsp3) is 0.250. The molecule has 0 aliphatic rings. The van der Waals surface area contributed by atoms with Crippen molar-refractivity contribution in [3.8, 4) is 11.1 Å². The molecule has 142 valence electrons. The molecule has 1 heterocycles. The van der Waals surface area contributed by atoms with Gasteiger partial charge in [-0.15, -0.1) is 0 Å². The van der Waals surface area contributed by atoms with Crippen LogP contribution in [-0.2, 0) is 0 Å². The van der Waals surface area contributed by atoms with E-state index in [2.05, 4.69) is 10.3 Å². The molecule has 1 amide bonds. The number of halogens is 2. The van der Waals surface area contributed by atoms with Crippen LogP contribution in [0, 0.1) is 11.6 Å². The van der Waals surface area contributed by atoms with E-state index in [1.807, 2.05) is 0 Å². The summed E-state index contributed by atoms with van der Waals surface area (Å²) < 4.78 is 27.7. The van der Waals surface area contributed by atoms with Gasteiger partial charge in [-0.05, 0) is 54.8 Å². The van der Waals surface area contributed by atoms with Crippen molar-refractivity contribution < 1.29 is 13.6 Å². The topological polar surface area (TPSA) is 96.9 Å². The van der Waals surface area contributed by atoms with E-state index in [1.165, 1.54) is 12.1 Å². The molecule has 3 aromatic rings. The van der Waals surface area contributed by atoms with Crippen LogP contribution in [0.4, 0.5) is 8.78 Å². The van der Waals surface area contributed by atoms with Gasteiger partial charge in [-0.2, -0.15) is 0 Å². The molecule has 3 rings (SSSR count). The van der Waals surface area contributed by atoms with E-state index in [-0.39, 0.29) is 24.1 Å². The summed E-state index contributed by atoms with van der Waals surface area (Å²) in [5.41, 5.74) is 13.3. The molecule has 7 heteroatoms. The number of nitrogens with one attached hydrogen (secondary N) is 2. The Morgan fingerprint density at radius 2 is 1.81 bits per heavy atom. The third-order valence-corrected chi connectivity index (χ3v) is 4.44. The predicted molar refractivity (Wildman–Crippen MR) is 102 cm³/mol. The summed E-state index contributed by atoms with van der Waals surface area (Å²) in [6.07, 6.45) is 1.46. The van der Waals surface area contributed by atoms with Gasteiger partial charge >= 0.3 is 0 Å². The first-order valence-corrected chi connectivity index (χ1v) is 8.80. The van der Waals surface area contributed by atoms with Gasteiger partial charge in [-0.1, -0.05) is 18.2 Å². The average Bonchev–Trinajstić information content (AvgIpc) is 3.01. The Balaban J connectivity index is 1.79. The number of aromatic nitrogens is 1. The number of H-pyrrole nitrogens is 1. The first-order chi connectivity index (χ1) is 13.0. The number of nitrogens with two attached hydrogens (primary N) is 2. The van der Waals surface area contributed by atoms with Gasteiger partial charge in [0.15, 0.2) is 5.82 Å². The molecule has 0 fully saturated rings. The fourth-order valence-corrected chi connectivity index (χ4v) is 2.94. The molecular weight excluding hydrogens is 350 g/mol. The number of aromatic amines is 1. The standard InChI is InChI=1S/C20H22F2N4O/c21-14-6-3-12(4-7-14)13-5-8-16-17(10-13)26-19(18(16)22)20(27)25-11-15(24)2-1-9-23/h3-8,10,15,26H,1-2,9,11,23-24H2,(H,25,27). The zero-order valence-electron chi connectivity index (χ0n) is 14.8. The van der Waals surface area contributed by atoms with Crippen LogP contribution in [0.1, 0.15) is 23.3 Å². The van der Waals surface area contributed by atoms with E-state index in [0.29, 0.717) is 23.9 Å². The molecule has 2 aromatic carbocycles. The summed E-state index contributed by atoms with van der Waals surface area (Å²) in [4.78, 5) is 15.1. The van der Waals surface area contributed by atoms with Crippen LogP contribution in [-0.4, -0.2) is 30.0 Å². The first-order valence-electron chi connectivity index (χ1n) is 8.80. The first kappa shape index (κ1) is 19.0. The molecule has 0 bridgehead atoms. The van der Waals surface area contributed by atoms with Gasteiger partial charge in [0.2, 0.25) is 0 Å². The Bertz CT molecular complexity index is 937. The minimum atomic E-state index is -0.608. The molecule has 0 aliphatic carbocycles. The fourth-order valence-electron chi connectivity index (χ4n) is 2.94. The SMILES string of the molecule is NCCCC(N)CNC(=O)c1[nH]c2cc(-c3ccc(F)cc3)ccc2c1F. The molecule has 0 radical (unpaired) electrons. The minimum Gasteiger partial charge on any atom is -0.349 e. The van der Waals surface area contributed by atoms with Crippen LogP contribution in [0.5, 0.6) is 0 Å². The van der Waals surface area contributed by atoms with E-state index < -0.39 is 11.7 Å². The molecule has 5 nitrogen and oxygen atoms in total. The molecular formula is C20H22F2N4O. The van der Waals surface area contributed by atoms with Crippen LogP contribution < -0.4 is 16.8 Å². The highest BCUT2D eigenvalue weighted by molar-refractivity contribution is 5.99. The van der Waals surface area contributed by atoms with E-state index in [1.54, 1.807) is 30.3 Å². The van der Waals surface area contributed by atoms with Gasteiger partial charge in [0.25, 0.3) is 5.91 Å². The van der Waals surface area contributed by atoms with E-state index in [9.17, 15) is 13.6 Å². The highest BCUT2D eigenvalue weighted by Crippen LogP contribution is 2.27. The lowest BCUT2D eigenvalue weighted by molar-refractivity contribution is 0.0942. The van der Waals surface area contributed by atoms with Crippen LogP contribution in [0.15, 0.2) is 42.5 Å². The Labute approximate surface area is 155 Å². The van der Waals surface area contributed by atoms with Crippen molar-refractivity contribution in [3.63, 3.8) is 0 Å². The number of hydrogen-bond acceptors (Lipinski definition) is 3. The second kappa shape index (κ2) is 8.28. The third kappa shape index (κ3) is 4.32. The van der Waals surface area contributed by atoms with Gasteiger partial charge in [0.1, 0.15) is 11.5 Å². The van der Waals surface area contributed by atoms with Crippen LogP contribution in [0.25, 0.3) is 22.0 Å². The lowest BCUT2D eigenvalue weighted by Crippen LogP contribution is -2.37.